The van der Waals surface area contributed by atoms with Gasteiger partial charge in [-0.05, 0) is 31.5 Å². The molecule has 1 aromatic rings. The number of hydrogen-bond acceptors (Lipinski definition) is 4. The normalized spacial score (nSPS) is 15.8. The second-order valence-corrected chi connectivity index (χ2v) is 4.67. The molecule has 0 spiro atoms. The Kier molecular flexibility index (Phi) is 4.67. The first kappa shape index (κ1) is 15.2. The van der Waals surface area contributed by atoms with Crippen LogP contribution in [-0.2, 0) is 14.3 Å². The highest BCUT2D eigenvalue weighted by atomic mass is 19.1. The summed E-state index contributed by atoms with van der Waals surface area (Å²) in [5, 5.41) is 2.75. The third-order valence-electron chi connectivity index (χ3n) is 3.20. The Morgan fingerprint density at radius 3 is 2.71 bits per heavy atom. The number of carbonyl (C=O) groups is 1. The summed E-state index contributed by atoms with van der Waals surface area (Å²) in [6.07, 6.45) is 0. The number of rotatable bonds is 4. The van der Waals surface area contributed by atoms with Crippen molar-refractivity contribution >= 4 is 5.91 Å². The summed E-state index contributed by atoms with van der Waals surface area (Å²) < 4.78 is 29.1. The van der Waals surface area contributed by atoms with E-state index in [0.29, 0.717) is 24.5 Å². The lowest BCUT2D eigenvalue weighted by atomic mass is 10.1. The van der Waals surface area contributed by atoms with Gasteiger partial charge in [-0.25, -0.2) is 4.39 Å². The number of ether oxygens (including phenoxy) is 3. The molecule has 0 aromatic heterocycles. The molecule has 1 aliphatic rings. The van der Waals surface area contributed by atoms with E-state index in [1.165, 1.54) is 19.2 Å². The highest BCUT2D eigenvalue weighted by molar-refractivity contribution is 5.92. The maximum absolute atomic E-state index is 13.7. The van der Waals surface area contributed by atoms with Gasteiger partial charge in [0.05, 0.1) is 13.2 Å². The molecule has 1 aliphatic heterocycles. The summed E-state index contributed by atoms with van der Waals surface area (Å²) in [4.78, 5) is 12.1. The zero-order valence-electron chi connectivity index (χ0n) is 12.2. The van der Waals surface area contributed by atoms with E-state index in [0.717, 1.165) is 0 Å². The minimum atomic E-state index is -0.469. The number of halogens is 1. The van der Waals surface area contributed by atoms with Crippen LogP contribution in [0, 0.1) is 5.82 Å². The summed E-state index contributed by atoms with van der Waals surface area (Å²) in [7, 11) is 1.40. The Balaban J connectivity index is 2.09. The van der Waals surface area contributed by atoms with Gasteiger partial charge in [0, 0.05) is 0 Å². The molecule has 1 unspecified atom stereocenters. The topological polar surface area (TPSA) is 56.8 Å². The van der Waals surface area contributed by atoms with Gasteiger partial charge in [0.25, 0.3) is 5.91 Å². The molecule has 0 saturated heterocycles. The van der Waals surface area contributed by atoms with Crippen LogP contribution in [0.1, 0.15) is 25.5 Å². The van der Waals surface area contributed by atoms with Crippen molar-refractivity contribution in [1.29, 1.82) is 0 Å². The van der Waals surface area contributed by atoms with E-state index in [9.17, 15) is 9.18 Å². The summed E-state index contributed by atoms with van der Waals surface area (Å²) in [6.45, 7) is 4.21. The third-order valence-corrected chi connectivity index (χ3v) is 3.20. The largest absolute Gasteiger partial charge is 0.494 e. The fraction of sp³-hybridized carbons (Fsp3) is 0.400. The molecule has 0 saturated carbocycles. The molecule has 6 heteroatoms. The van der Waals surface area contributed by atoms with Crippen LogP contribution in [0.3, 0.4) is 0 Å². The van der Waals surface area contributed by atoms with E-state index < -0.39 is 5.82 Å². The van der Waals surface area contributed by atoms with Crippen LogP contribution in [-0.4, -0.2) is 26.2 Å². The first-order chi connectivity index (χ1) is 10.0. The number of benzene rings is 1. The Morgan fingerprint density at radius 2 is 2.10 bits per heavy atom. The van der Waals surface area contributed by atoms with E-state index in [1.807, 2.05) is 0 Å². The van der Waals surface area contributed by atoms with Crippen molar-refractivity contribution in [2.45, 2.75) is 19.9 Å². The average molecular weight is 295 g/mol. The molecule has 114 valence electrons. The van der Waals surface area contributed by atoms with E-state index >= 15 is 0 Å². The van der Waals surface area contributed by atoms with Crippen molar-refractivity contribution < 1.29 is 23.4 Å². The molecule has 1 heterocycles. The Labute approximate surface area is 122 Å². The lowest BCUT2D eigenvalue weighted by Gasteiger charge is -2.21. The first-order valence-corrected chi connectivity index (χ1v) is 6.63. The zero-order chi connectivity index (χ0) is 15.4. The third kappa shape index (κ3) is 3.45. The highest BCUT2D eigenvalue weighted by Crippen LogP contribution is 2.22. The Morgan fingerprint density at radius 1 is 1.38 bits per heavy atom. The van der Waals surface area contributed by atoms with Crippen LogP contribution < -0.4 is 10.1 Å². The standard InChI is InChI=1S/C15H18FNO4/c1-9(11-4-5-13(19-3)12(16)8-11)17-15(18)14-10(2)20-6-7-21-14/h4-5,8-9H,6-7H2,1-3H3,(H,17,18). The molecule has 0 radical (unpaired) electrons. The molecular formula is C15H18FNO4. The van der Waals surface area contributed by atoms with E-state index in [2.05, 4.69) is 5.32 Å². The predicted molar refractivity (Wildman–Crippen MR) is 74.1 cm³/mol. The van der Waals surface area contributed by atoms with Crippen LogP contribution in [0.2, 0.25) is 0 Å². The smallest absolute Gasteiger partial charge is 0.290 e. The Bertz CT molecular complexity index is 571. The van der Waals surface area contributed by atoms with Gasteiger partial charge in [0.15, 0.2) is 11.6 Å². The maximum atomic E-state index is 13.7. The number of allylic oxidation sites excluding steroid dienone is 1. The lowest BCUT2D eigenvalue weighted by molar-refractivity contribution is -0.123. The minimum absolute atomic E-state index is 0.167. The van der Waals surface area contributed by atoms with Crippen molar-refractivity contribution in [2.75, 3.05) is 20.3 Å². The van der Waals surface area contributed by atoms with Gasteiger partial charge >= 0.3 is 0 Å². The molecule has 0 aliphatic carbocycles. The number of hydrogen-bond donors (Lipinski definition) is 1. The van der Waals surface area contributed by atoms with Crippen molar-refractivity contribution in [3.63, 3.8) is 0 Å². The summed E-state index contributed by atoms with van der Waals surface area (Å²) in [5.74, 6) is -0.0616. The molecule has 0 fully saturated rings. The average Bonchev–Trinajstić information content (AvgIpc) is 2.47. The number of nitrogens with one attached hydrogen (secondary N) is 1. The first-order valence-electron chi connectivity index (χ1n) is 6.63. The van der Waals surface area contributed by atoms with E-state index in [-0.39, 0.29) is 23.5 Å². The monoisotopic (exact) mass is 295 g/mol. The van der Waals surface area contributed by atoms with Crippen LogP contribution in [0.5, 0.6) is 5.75 Å². The van der Waals surface area contributed by atoms with E-state index in [1.54, 1.807) is 19.9 Å². The fourth-order valence-corrected chi connectivity index (χ4v) is 2.03. The second-order valence-electron chi connectivity index (χ2n) is 4.67. The molecule has 1 aromatic carbocycles. The van der Waals surface area contributed by atoms with Crippen LogP contribution in [0.25, 0.3) is 0 Å². The molecule has 2 rings (SSSR count). The predicted octanol–water partition coefficient (Wildman–Crippen LogP) is 2.29. The van der Waals surface area contributed by atoms with Crippen molar-refractivity contribution in [3.05, 3.63) is 41.1 Å². The fourth-order valence-electron chi connectivity index (χ4n) is 2.03. The van der Waals surface area contributed by atoms with Gasteiger partial charge in [0.1, 0.15) is 19.0 Å². The van der Waals surface area contributed by atoms with Crippen molar-refractivity contribution in [1.82, 2.24) is 5.32 Å². The number of methoxy groups -OCH3 is 1. The minimum Gasteiger partial charge on any atom is -0.494 e. The molecule has 1 N–H and O–H groups in total. The van der Waals surface area contributed by atoms with Crippen molar-refractivity contribution in [3.8, 4) is 5.75 Å². The van der Waals surface area contributed by atoms with Gasteiger partial charge < -0.3 is 19.5 Å². The van der Waals surface area contributed by atoms with E-state index in [4.69, 9.17) is 14.2 Å². The van der Waals surface area contributed by atoms with Crippen LogP contribution in [0.4, 0.5) is 4.39 Å². The SMILES string of the molecule is COc1ccc(C(C)NC(=O)C2=C(C)OCCO2)cc1F. The molecule has 1 amide bonds. The van der Waals surface area contributed by atoms with Crippen molar-refractivity contribution in [2.24, 2.45) is 0 Å². The molecule has 0 bridgehead atoms. The van der Waals surface area contributed by atoms with Crippen LogP contribution >= 0.6 is 0 Å². The lowest BCUT2D eigenvalue weighted by Crippen LogP contribution is -2.31. The number of carbonyl (C=O) groups excluding carboxylic acids is 1. The molecule has 1 atom stereocenters. The summed E-state index contributed by atoms with van der Waals surface area (Å²) in [5.41, 5.74) is 0.636. The molecule has 5 nitrogen and oxygen atoms in total. The van der Waals surface area contributed by atoms with Crippen LogP contribution in [0.15, 0.2) is 29.7 Å². The summed E-state index contributed by atoms with van der Waals surface area (Å²) in [6, 6.07) is 4.19. The Hall–Kier alpha value is -2.24. The quantitative estimate of drug-likeness (QED) is 0.926. The van der Waals surface area contributed by atoms with Gasteiger partial charge in [-0.3, -0.25) is 4.79 Å². The number of amides is 1. The maximum Gasteiger partial charge on any atom is 0.290 e. The van der Waals surface area contributed by atoms with Gasteiger partial charge in [0.2, 0.25) is 5.76 Å². The van der Waals surface area contributed by atoms with Gasteiger partial charge in [-0.1, -0.05) is 6.07 Å². The zero-order valence-corrected chi connectivity index (χ0v) is 12.2. The summed E-state index contributed by atoms with van der Waals surface area (Å²) >= 11 is 0. The second kappa shape index (κ2) is 6.47. The molecule has 21 heavy (non-hydrogen) atoms. The molecular weight excluding hydrogens is 277 g/mol. The highest BCUT2D eigenvalue weighted by Gasteiger charge is 2.22. The van der Waals surface area contributed by atoms with Gasteiger partial charge in [-0.2, -0.15) is 0 Å². The van der Waals surface area contributed by atoms with Gasteiger partial charge in [-0.15, -0.1) is 0 Å².